The first-order valence-corrected chi connectivity index (χ1v) is 8.56. The van der Waals surface area contributed by atoms with Crippen molar-refractivity contribution >= 4 is 21.3 Å². The summed E-state index contributed by atoms with van der Waals surface area (Å²) in [5.74, 6) is -0.547. The monoisotopic (exact) mass is 342 g/mol. The van der Waals surface area contributed by atoms with E-state index in [2.05, 4.69) is 14.2 Å². The summed E-state index contributed by atoms with van der Waals surface area (Å²) in [5, 5.41) is 26.1. The van der Waals surface area contributed by atoms with Gasteiger partial charge in [0.25, 0.3) is 0 Å². The average molecular weight is 342 g/mol. The molecule has 10 heteroatoms. The van der Waals surface area contributed by atoms with E-state index in [-0.39, 0.29) is 6.61 Å². The fourth-order valence-electron chi connectivity index (χ4n) is 3.09. The van der Waals surface area contributed by atoms with Gasteiger partial charge in [-0.15, -0.1) is 0 Å². The SMILES string of the molecule is Cc1ncnc2c1ccn2[C@@H]1C[C@@H](COS(N)(=O)=O)[C@@H](O)[C@H]1O. The van der Waals surface area contributed by atoms with Crippen molar-refractivity contribution in [3.8, 4) is 0 Å². The van der Waals surface area contributed by atoms with Gasteiger partial charge in [0.2, 0.25) is 0 Å². The van der Waals surface area contributed by atoms with Crippen LogP contribution < -0.4 is 5.14 Å². The minimum Gasteiger partial charge on any atom is -0.390 e. The molecule has 0 saturated heterocycles. The number of aliphatic hydroxyl groups is 2. The number of hydrogen-bond acceptors (Lipinski definition) is 7. The van der Waals surface area contributed by atoms with Crippen molar-refractivity contribution in [1.82, 2.24) is 14.5 Å². The highest BCUT2D eigenvalue weighted by molar-refractivity contribution is 7.84. The molecule has 3 rings (SSSR count). The highest BCUT2D eigenvalue weighted by Crippen LogP contribution is 2.37. The molecule has 9 nitrogen and oxygen atoms in total. The molecule has 4 atom stereocenters. The van der Waals surface area contributed by atoms with Gasteiger partial charge in [0, 0.05) is 17.5 Å². The van der Waals surface area contributed by atoms with Crippen LogP contribution >= 0.6 is 0 Å². The van der Waals surface area contributed by atoms with Crippen LogP contribution in [0.4, 0.5) is 0 Å². The van der Waals surface area contributed by atoms with Crippen LogP contribution in [0.1, 0.15) is 18.2 Å². The van der Waals surface area contributed by atoms with Gasteiger partial charge in [-0.25, -0.2) is 15.1 Å². The molecule has 0 aromatic carbocycles. The van der Waals surface area contributed by atoms with Gasteiger partial charge in [0.05, 0.1) is 24.4 Å². The van der Waals surface area contributed by atoms with E-state index in [1.54, 1.807) is 10.8 Å². The third kappa shape index (κ3) is 3.08. The molecule has 0 spiro atoms. The maximum absolute atomic E-state index is 10.9. The molecular weight excluding hydrogens is 324 g/mol. The Morgan fingerprint density at radius 2 is 2.13 bits per heavy atom. The Balaban J connectivity index is 1.86. The van der Waals surface area contributed by atoms with Gasteiger partial charge in [-0.2, -0.15) is 8.42 Å². The van der Waals surface area contributed by atoms with Gasteiger partial charge in [-0.1, -0.05) is 0 Å². The average Bonchev–Trinajstić information content (AvgIpc) is 3.01. The number of rotatable bonds is 4. The summed E-state index contributed by atoms with van der Waals surface area (Å²) in [6.45, 7) is 1.58. The van der Waals surface area contributed by atoms with Crippen molar-refractivity contribution in [1.29, 1.82) is 0 Å². The van der Waals surface area contributed by atoms with Crippen LogP contribution in [0.25, 0.3) is 11.0 Å². The summed E-state index contributed by atoms with van der Waals surface area (Å²) in [6, 6.07) is 1.41. The van der Waals surface area contributed by atoms with E-state index in [1.165, 1.54) is 6.33 Å². The number of aliphatic hydroxyl groups excluding tert-OH is 2. The van der Waals surface area contributed by atoms with Crippen molar-refractivity contribution < 1.29 is 22.8 Å². The molecule has 4 N–H and O–H groups in total. The van der Waals surface area contributed by atoms with Gasteiger partial charge in [-0.05, 0) is 19.4 Å². The van der Waals surface area contributed by atoms with Crippen molar-refractivity contribution in [3.63, 3.8) is 0 Å². The van der Waals surface area contributed by atoms with Crippen LogP contribution in [0.15, 0.2) is 18.6 Å². The zero-order valence-electron chi connectivity index (χ0n) is 12.4. The molecule has 0 bridgehead atoms. The highest BCUT2D eigenvalue weighted by Gasteiger charge is 2.43. The molecule has 1 aliphatic carbocycles. The highest BCUT2D eigenvalue weighted by atomic mass is 32.2. The van der Waals surface area contributed by atoms with Crippen LogP contribution in [0, 0.1) is 12.8 Å². The van der Waals surface area contributed by atoms with Gasteiger partial charge in [0.15, 0.2) is 0 Å². The first kappa shape index (κ1) is 16.3. The Morgan fingerprint density at radius 1 is 1.39 bits per heavy atom. The van der Waals surface area contributed by atoms with Crippen molar-refractivity contribution in [2.75, 3.05) is 6.61 Å². The second kappa shape index (κ2) is 5.80. The van der Waals surface area contributed by atoms with E-state index in [4.69, 9.17) is 5.14 Å². The first-order valence-electron chi connectivity index (χ1n) is 7.09. The topological polar surface area (TPSA) is 141 Å². The molecule has 126 valence electrons. The van der Waals surface area contributed by atoms with Crippen LogP contribution in [0.3, 0.4) is 0 Å². The van der Waals surface area contributed by atoms with Crippen molar-refractivity contribution in [3.05, 3.63) is 24.3 Å². The minimum absolute atomic E-state index is 0.277. The predicted molar refractivity (Wildman–Crippen MR) is 80.5 cm³/mol. The molecular formula is C13H18N4O5S. The van der Waals surface area contributed by atoms with Crippen LogP contribution in [-0.4, -0.2) is 52.0 Å². The molecule has 0 aliphatic heterocycles. The Labute approximate surface area is 133 Å². The molecule has 2 aromatic heterocycles. The standard InChI is InChI=1S/C13H18N4O5S/c1-7-9-2-3-17(13(9)16-6-15-7)10-4-8(11(18)12(10)19)5-22-23(14,20)21/h2-3,6,8,10-12,18-19H,4-5H2,1H3,(H2,14,20,21)/t8-,10+,11+,12-/m0/s1. The predicted octanol–water partition coefficient (Wildman–Crippen LogP) is -0.757. The number of nitrogens with zero attached hydrogens (tertiary/aromatic N) is 3. The summed E-state index contributed by atoms with van der Waals surface area (Å²) in [4.78, 5) is 8.34. The Morgan fingerprint density at radius 3 is 2.83 bits per heavy atom. The lowest BCUT2D eigenvalue weighted by molar-refractivity contribution is -0.000933. The summed E-state index contributed by atoms with van der Waals surface area (Å²) >= 11 is 0. The fraction of sp³-hybridized carbons (Fsp3) is 0.538. The molecule has 1 aliphatic rings. The summed E-state index contributed by atoms with van der Waals surface area (Å²) in [5.41, 5.74) is 1.47. The largest absolute Gasteiger partial charge is 0.390 e. The smallest absolute Gasteiger partial charge is 0.333 e. The molecule has 2 aromatic rings. The number of aromatic nitrogens is 3. The Kier molecular flexibility index (Phi) is 4.10. The lowest BCUT2D eigenvalue weighted by Crippen LogP contribution is -2.31. The number of aryl methyl sites for hydroxylation is 1. The number of fused-ring (bicyclic) bond motifs is 1. The van der Waals surface area contributed by atoms with E-state index < -0.39 is 34.5 Å². The Bertz CT molecular complexity index is 821. The zero-order chi connectivity index (χ0) is 16.8. The van der Waals surface area contributed by atoms with E-state index in [9.17, 15) is 18.6 Å². The van der Waals surface area contributed by atoms with E-state index in [0.717, 1.165) is 11.1 Å². The van der Waals surface area contributed by atoms with Crippen LogP contribution in [0.5, 0.6) is 0 Å². The van der Waals surface area contributed by atoms with Gasteiger partial charge in [0.1, 0.15) is 18.1 Å². The third-order valence-corrected chi connectivity index (χ3v) is 4.75. The first-order chi connectivity index (χ1) is 10.8. The molecule has 1 fully saturated rings. The van der Waals surface area contributed by atoms with Gasteiger partial charge < -0.3 is 14.8 Å². The molecule has 0 amide bonds. The number of nitrogens with two attached hydrogens (primary N) is 1. The summed E-state index contributed by atoms with van der Waals surface area (Å²) in [6.07, 6.45) is 1.38. The lowest BCUT2D eigenvalue weighted by atomic mass is 10.1. The third-order valence-electron chi connectivity index (χ3n) is 4.28. The normalized spacial score (nSPS) is 28.5. The second-order valence-corrected chi connectivity index (χ2v) is 6.96. The molecule has 2 heterocycles. The van der Waals surface area contributed by atoms with E-state index >= 15 is 0 Å². The Hall–Kier alpha value is -1.59. The second-order valence-electron chi connectivity index (χ2n) is 5.74. The maximum atomic E-state index is 10.9. The van der Waals surface area contributed by atoms with E-state index in [0.29, 0.717) is 12.1 Å². The summed E-state index contributed by atoms with van der Waals surface area (Å²) in [7, 11) is -4.08. The van der Waals surface area contributed by atoms with Crippen LogP contribution in [-0.2, 0) is 14.5 Å². The minimum atomic E-state index is -4.08. The number of hydrogen-bond donors (Lipinski definition) is 3. The maximum Gasteiger partial charge on any atom is 0.333 e. The molecule has 0 unspecified atom stereocenters. The van der Waals surface area contributed by atoms with Crippen molar-refractivity contribution in [2.45, 2.75) is 31.6 Å². The lowest BCUT2D eigenvalue weighted by Gasteiger charge is -2.19. The van der Waals surface area contributed by atoms with Gasteiger partial charge in [-0.3, -0.25) is 4.18 Å². The van der Waals surface area contributed by atoms with Crippen molar-refractivity contribution in [2.24, 2.45) is 11.1 Å². The molecule has 23 heavy (non-hydrogen) atoms. The fourth-order valence-corrected chi connectivity index (χ4v) is 3.45. The van der Waals surface area contributed by atoms with Crippen LogP contribution in [0.2, 0.25) is 0 Å². The van der Waals surface area contributed by atoms with Gasteiger partial charge >= 0.3 is 10.3 Å². The molecule has 1 saturated carbocycles. The quantitative estimate of drug-likeness (QED) is 0.663. The zero-order valence-corrected chi connectivity index (χ0v) is 13.2. The summed E-state index contributed by atoms with van der Waals surface area (Å²) < 4.78 is 28.1. The molecule has 0 radical (unpaired) electrons. The van der Waals surface area contributed by atoms with E-state index in [1.807, 2.05) is 13.0 Å².